The van der Waals surface area contributed by atoms with Crippen molar-refractivity contribution in [2.45, 2.75) is 45.9 Å². The van der Waals surface area contributed by atoms with Crippen molar-refractivity contribution in [1.29, 1.82) is 0 Å². The monoisotopic (exact) mass is 583 g/mol. The maximum atomic E-state index is 14.4. The van der Waals surface area contributed by atoms with Crippen LogP contribution in [0.15, 0.2) is 97.2 Å². The summed E-state index contributed by atoms with van der Waals surface area (Å²) >= 11 is 0. The predicted octanol–water partition coefficient (Wildman–Crippen LogP) is 4.52. The van der Waals surface area contributed by atoms with Crippen LogP contribution in [0, 0.1) is 5.92 Å². The molecule has 2 atom stereocenters. The maximum Gasteiger partial charge on any atom is 0.414 e. The molecule has 3 aromatic carbocycles. The molecule has 0 radical (unpaired) electrons. The molecule has 0 aromatic heterocycles. The van der Waals surface area contributed by atoms with E-state index in [1.54, 1.807) is 86.6 Å². The van der Waals surface area contributed by atoms with Gasteiger partial charge in [-0.05, 0) is 17.0 Å². The fourth-order valence-corrected chi connectivity index (χ4v) is 4.99. The number of carbonyl (C=O) groups excluding carboxylic acids is 4. The number of ketones is 1. The van der Waals surface area contributed by atoms with Crippen LogP contribution >= 0.6 is 0 Å². The molecule has 1 unspecified atom stereocenters. The highest BCUT2D eigenvalue weighted by atomic mass is 16.6. The SMILES string of the molecule is CC(=O)N([C@@H](Cc1ccccc1)C(=O)C(=O)O)N1C(=O)C(C(C)C)N(C(=O)OCc2ccccc2)C=C1c1ccccc1. The lowest BCUT2D eigenvalue weighted by molar-refractivity contribution is -0.169. The smallest absolute Gasteiger partial charge is 0.414 e. The summed E-state index contributed by atoms with van der Waals surface area (Å²) in [5.41, 5.74) is 1.90. The van der Waals surface area contributed by atoms with Gasteiger partial charge in [0.1, 0.15) is 18.7 Å². The van der Waals surface area contributed by atoms with Crippen molar-refractivity contribution in [3.63, 3.8) is 0 Å². The highest BCUT2D eigenvalue weighted by molar-refractivity contribution is 6.35. The van der Waals surface area contributed by atoms with Gasteiger partial charge < -0.3 is 9.84 Å². The fourth-order valence-electron chi connectivity index (χ4n) is 4.99. The molecule has 0 spiro atoms. The van der Waals surface area contributed by atoms with Crippen LogP contribution in [-0.4, -0.2) is 61.8 Å². The topological polar surface area (TPSA) is 125 Å². The van der Waals surface area contributed by atoms with Crippen LogP contribution in [0.4, 0.5) is 4.79 Å². The summed E-state index contributed by atoms with van der Waals surface area (Å²) in [5, 5.41) is 11.7. The first-order valence-corrected chi connectivity index (χ1v) is 13.8. The quantitative estimate of drug-likeness (QED) is 0.348. The molecular formula is C33H33N3O7. The van der Waals surface area contributed by atoms with E-state index >= 15 is 0 Å². The standard InChI is InChI=1S/C33H33N3O7/c1-22(2)29-31(39)36(35(23(3)37)27(30(38)32(40)41)19-24-13-7-4-8-14-24)28(26-17-11-6-12-18-26)20-34(29)33(42)43-21-25-15-9-5-10-16-25/h4-18,20,22,27,29H,19,21H2,1-3H3,(H,40,41)/t27-,29?/m0/s1. The highest BCUT2D eigenvalue weighted by Crippen LogP contribution is 2.33. The van der Waals surface area contributed by atoms with Gasteiger partial charge in [0, 0.05) is 25.1 Å². The third-order valence-corrected chi connectivity index (χ3v) is 6.99. The molecule has 0 bridgehead atoms. The lowest BCUT2D eigenvalue weighted by atomic mass is 9.97. The number of hydrogen-bond donors (Lipinski definition) is 1. The van der Waals surface area contributed by atoms with Crippen molar-refractivity contribution in [3.05, 3.63) is 114 Å². The van der Waals surface area contributed by atoms with E-state index < -0.39 is 47.7 Å². The van der Waals surface area contributed by atoms with Crippen LogP contribution in [-0.2, 0) is 36.9 Å². The zero-order valence-corrected chi connectivity index (χ0v) is 24.1. The second-order valence-corrected chi connectivity index (χ2v) is 10.4. The molecule has 10 nitrogen and oxygen atoms in total. The predicted molar refractivity (Wildman–Crippen MR) is 157 cm³/mol. The number of carbonyl (C=O) groups is 5. The molecule has 4 rings (SSSR count). The molecule has 1 N–H and O–H groups in total. The minimum Gasteiger partial charge on any atom is -0.475 e. The number of Topliss-reactive ketones (excluding diaryl/α,β-unsaturated/α-hetero) is 1. The van der Waals surface area contributed by atoms with E-state index in [1.807, 2.05) is 18.2 Å². The number of nitrogens with zero attached hydrogens (tertiary/aromatic N) is 3. The minimum absolute atomic E-state index is 0.0285. The Morgan fingerprint density at radius 2 is 1.40 bits per heavy atom. The van der Waals surface area contributed by atoms with Crippen molar-refractivity contribution in [3.8, 4) is 0 Å². The van der Waals surface area contributed by atoms with E-state index in [2.05, 4.69) is 0 Å². The summed E-state index contributed by atoms with van der Waals surface area (Å²) in [6, 6.07) is 23.6. The normalized spacial score (nSPS) is 15.5. The Bertz CT molecular complexity index is 1510. The highest BCUT2D eigenvalue weighted by Gasteiger charge is 2.47. The van der Waals surface area contributed by atoms with Crippen molar-refractivity contribution in [1.82, 2.24) is 14.9 Å². The van der Waals surface area contributed by atoms with Crippen LogP contribution in [0.5, 0.6) is 0 Å². The summed E-state index contributed by atoms with van der Waals surface area (Å²) in [6.45, 7) is 4.61. The Morgan fingerprint density at radius 3 is 1.91 bits per heavy atom. The minimum atomic E-state index is -1.74. The summed E-state index contributed by atoms with van der Waals surface area (Å²) < 4.78 is 5.58. The Labute approximate surface area is 249 Å². The van der Waals surface area contributed by atoms with Gasteiger partial charge >= 0.3 is 12.1 Å². The zero-order valence-electron chi connectivity index (χ0n) is 24.1. The molecule has 1 aliphatic rings. The Balaban J connectivity index is 1.84. The second kappa shape index (κ2) is 13.6. The molecule has 1 aliphatic heterocycles. The number of hydrogen-bond acceptors (Lipinski definition) is 6. The molecule has 1 heterocycles. The lowest BCUT2D eigenvalue weighted by Crippen LogP contribution is -2.64. The summed E-state index contributed by atoms with van der Waals surface area (Å²) in [4.78, 5) is 67.6. The van der Waals surface area contributed by atoms with Gasteiger partial charge in [-0.3, -0.25) is 19.3 Å². The number of ether oxygens (including phenoxy) is 1. The molecule has 0 aliphatic carbocycles. The lowest BCUT2D eigenvalue weighted by Gasteiger charge is -2.46. The number of aliphatic carboxylic acids is 1. The first-order valence-electron chi connectivity index (χ1n) is 13.8. The summed E-state index contributed by atoms with van der Waals surface area (Å²) in [6.07, 6.45) is 0.475. The number of benzene rings is 3. The number of rotatable bonds is 10. The van der Waals surface area contributed by atoms with Crippen molar-refractivity contribution >= 4 is 35.4 Å². The van der Waals surface area contributed by atoms with E-state index in [4.69, 9.17) is 4.74 Å². The van der Waals surface area contributed by atoms with E-state index in [0.29, 0.717) is 11.1 Å². The van der Waals surface area contributed by atoms with Gasteiger partial charge in [-0.25, -0.2) is 19.6 Å². The van der Waals surface area contributed by atoms with Crippen LogP contribution in [0.25, 0.3) is 5.70 Å². The zero-order chi connectivity index (χ0) is 31.1. The van der Waals surface area contributed by atoms with Crippen LogP contribution in [0.3, 0.4) is 0 Å². The average molecular weight is 584 g/mol. The molecule has 0 saturated heterocycles. The van der Waals surface area contributed by atoms with E-state index in [0.717, 1.165) is 22.5 Å². The largest absolute Gasteiger partial charge is 0.475 e. The fraction of sp³-hybridized carbons (Fsp3) is 0.242. The van der Waals surface area contributed by atoms with E-state index in [1.165, 1.54) is 11.1 Å². The average Bonchev–Trinajstić information content (AvgIpc) is 3.00. The van der Waals surface area contributed by atoms with Crippen molar-refractivity contribution in [2.24, 2.45) is 5.92 Å². The number of amides is 3. The van der Waals surface area contributed by atoms with Crippen LogP contribution in [0.2, 0.25) is 0 Å². The van der Waals surface area contributed by atoms with Gasteiger partial charge in [0.2, 0.25) is 5.91 Å². The third kappa shape index (κ3) is 6.98. The van der Waals surface area contributed by atoms with Gasteiger partial charge in [-0.1, -0.05) is 105 Å². The van der Waals surface area contributed by atoms with E-state index in [-0.39, 0.29) is 18.7 Å². The maximum absolute atomic E-state index is 14.4. The van der Waals surface area contributed by atoms with Crippen LogP contribution in [0.1, 0.15) is 37.5 Å². The van der Waals surface area contributed by atoms with Gasteiger partial charge in [0.25, 0.3) is 11.7 Å². The van der Waals surface area contributed by atoms with Crippen molar-refractivity contribution in [2.75, 3.05) is 0 Å². The molecule has 222 valence electrons. The van der Waals surface area contributed by atoms with Gasteiger partial charge in [-0.2, -0.15) is 0 Å². The Kier molecular flexibility index (Phi) is 9.72. The van der Waals surface area contributed by atoms with Crippen LogP contribution < -0.4 is 0 Å². The van der Waals surface area contributed by atoms with Crippen molar-refractivity contribution < 1.29 is 33.8 Å². The number of carboxylic acids is 1. The first kappa shape index (κ1) is 30.7. The Hall–Kier alpha value is -5.25. The molecule has 10 heteroatoms. The first-order chi connectivity index (χ1) is 20.6. The third-order valence-electron chi connectivity index (χ3n) is 6.99. The Morgan fingerprint density at radius 1 is 0.860 bits per heavy atom. The van der Waals surface area contributed by atoms with Gasteiger partial charge in [-0.15, -0.1) is 0 Å². The summed E-state index contributed by atoms with van der Waals surface area (Å²) in [5.74, 6) is -4.88. The molecule has 0 fully saturated rings. The summed E-state index contributed by atoms with van der Waals surface area (Å²) in [7, 11) is 0. The van der Waals surface area contributed by atoms with Gasteiger partial charge in [0.15, 0.2) is 0 Å². The molecule has 0 saturated carbocycles. The number of carboxylic acid groups (broad SMARTS) is 1. The molecule has 3 amide bonds. The molecular weight excluding hydrogens is 550 g/mol. The van der Waals surface area contributed by atoms with E-state index in [9.17, 15) is 29.1 Å². The number of hydrazine groups is 1. The van der Waals surface area contributed by atoms with Gasteiger partial charge in [0.05, 0.1) is 5.70 Å². The molecule has 43 heavy (non-hydrogen) atoms. The molecule has 3 aromatic rings. The second-order valence-electron chi connectivity index (χ2n) is 10.4.